The van der Waals surface area contributed by atoms with E-state index in [0.717, 1.165) is 12.3 Å². The molecular weight excluding hydrogens is 296 g/mol. The summed E-state index contributed by atoms with van der Waals surface area (Å²) >= 11 is 0. The first-order valence-corrected chi connectivity index (χ1v) is 9.86. The second kappa shape index (κ2) is 5.69. The van der Waals surface area contributed by atoms with Crippen LogP contribution in [0.5, 0.6) is 0 Å². The minimum absolute atomic E-state index is 0.149. The van der Waals surface area contributed by atoms with Crippen LogP contribution in [0.25, 0.3) is 0 Å². The number of rotatable bonds is 2. The van der Waals surface area contributed by atoms with Gasteiger partial charge in [-0.3, -0.25) is 0 Å². The van der Waals surface area contributed by atoms with E-state index in [1.807, 2.05) is 6.08 Å². The van der Waals surface area contributed by atoms with Crippen molar-refractivity contribution in [3.63, 3.8) is 0 Å². The first-order chi connectivity index (χ1) is 11.4. The van der Waals surface area contributed by atoms with Gasteiger partial charge in [-0.25, -0.2) is 0 Å². The van der Waals surface area contributed by atoms with E-state index in [9.17, 15) is 5.11 Å². The Bertz CT molecular complexity index is 570. The van der Waals surface area contributed by atoms with E-state index in [-0.39, 0.29) is 11.5 Å². The summed E-state index contributed by atoms with van der Waals surface area (Å²) in [6, 6.07) is 1.19. The summed E-state index contributed by atoms with van der Waals surface area (Å²) in [5, 5.41) is 17.4. The minimum Gasteiger partial charge on any atom is -0.389 e. The third kappa shape index (κ3) is 2.14. The highest BCUT2D eigenvalue weighted by molar-refractivity contribution is 5.36. The molecule has 0 spiro atoms. The zero-order valence-electron chi connectivity index (χ0n) is 15.7. The van der Waals surface area contributed by atoms with Crippen molar-refractivity contribution in [1.82, 2.24) is 10.6 Å². The molecule has 4 aliphatic rings. The molecule has 4 rings (SSSR count). The molecule has 0 amide bonds. The van der Waals surface area contributed by atoms with Gasteiger partial charge in [-0.15, -0.1) is 0 Å². The fraction of sp³-hybridized carbons (Fsp3) is 0.810. The molecule has 0 heterocycles. The zero-order chi connectivity index (χ0) is 17.1. The van der Waals surface area contributed by atoms with Crippen LogP contribution < -0.4 is 10.6 Å². The predicted molar refractivity (Wildman–Crippen MR) is 98.7 cm³/mol. The van der Waals surface area contributed by atoms with E-state index >= 15 is 0 Å². The summed E-state index contributed by atoms with van der Waals surface area (Å²) in [5.74, 6) is 1.97. The summed E-state index contributed by atoms with van der Waals surface area (Å²) in [6.07, 6.45) is 12.7. The predicted octanol–water partition coefficient (Wildman–Crippen LogP) is 2.87. The van der Waals surface area contributed by atoms with Crippen LogP contribution >= 0.6 is 0 Å². The highest BCUT2D eigenvalue weighted by Gasteiger charge is 2.58. The lowest BCUT2D eigenvalue weighted by Crippen LogP contribution is -2.56. The van der Waals surface area contributed by atoms with Crippen LogP contribution in [0.15, 0.2) is 23.8 Å². The highest BCUT2D eigenvalue weighted by Crippen LogP contribution is 2.62. The maximum atomic E-state index is 10.1. The van der Waals surface area contributed by atoms with Crippen LogP contribution in [-0.2, 0) is 0 Å². The molecule has 0 saturated heterocycles. The zero-order valence-corrected chi connectivity index (χ0v) is 15.7. The SMILES string of the molecule is CNC1CC2CC(O)C=C[C@]2(C)C2=CC[C@]3(C)C(NC)CC[C@H]3[C@@H]21. The monoisotopic (exact) mass is 330 g/mol. The van der Waals surface area contributed by atoms with Crippen molar-refractivity contribution < 1.29 is 5.11 Å². The topological polar surface area (TPSA) is 44.3 Å². The molecule has 0 aromatic rings. The lowest BCUT2D eigenvalue weighted by atomic mass is 9.49. The Morgan fingerprint density at radius 1 is 1.12 bits per heavy atom. The molecule has 2 saturated carbocycles. The van der Waals surface area contributed by atoms with Crippen LogP contribution in [0.2, 0.25) is 0 Å². The number of nitrogens with one attached hydrogen (secondary N) is 2. The Kier molecular flexibility index (Phi) is 3.98. The van der Waals surface area contributed by atoms with Gasteiger partial charge in [0.25, 0.3) is 0 Å². The Morgan fingerprint density at radius 2 is 1.92 bits per heavy atom. The van der Waals surface area contributed by atoms with Gasteiger partial charge in [-0.2, -0.15) is 0 Å². The largest absolute Gasteiger partial charge is 0.389 e. The lowest BCUT2D eigenvalue weighted by Gasteiger charge is -2.57. The van der Waals surface area contributed by atoms with Crippen molar-refractivity contribution in [2.45, 2.75) is 64.1 Å². The van der Waals surface area contributed by atoms with Crippen LogP contribution in [0.4, 0.5) is 0 Å². The van der Waals surface area contributed by atoms with Crippen molar-refractivity contribution in [3.8, 4) is 0 Å². The number of allylic oxidation sites excluding steroid dienone is 2. The second-order valence-electron chi connectivity index (χ2n) is 9.19. The molecule has 0 aliphatic heterocycles. The average Bonchev–Trinajstić information content (AvgIpc) is 2.91. The van der Waals surface area contributed by atoms with E-state index in [1.54, 1.807) is 5.57 Å². The molecule has 0 aromatic heterocycles. The number of hydrogen-bond acceptors (Lipinski definition) is 3. The quantitative estimate of drug-likeness (QED) is 0.682. The molecule has 4 aliphatic carbocycles. The summed E-state index contributed by atoms with van der Waals surface area (Å²) < 4.78 is 0. The number of fused-ring (bicyclic) bond motifs is 5. The second-order valence-corrected chi connectivity index (χ2v) is 9.19. The van der Waals surface area contributed by atoms with Gasteiger partial charge >= 0.3 is 0 Å². The Morgan fingerprint density at radius 3 is 2.62 bits per heavy atom. The molecule has 0 aromatic carbocycles. The molecule has 0 bridgehead atoms. The summed E-state index contributed by atoms with van der Waals surface area (Å²) in [5.41, 5.74) is 2.20. The molecule has 8 atom stereocenters. The van der Waals surface area contributed by atoms with Gasteiger partial charge in [0.1, 0.15) is 0 Å². The molecule has 4 unspecified atom stereocenters. The number of hydrogen-bond donors (Lipinski definition) is 3. The van der Waals surface area contributed by atoms with Gasteiger partial charge in [0.2, 0.25) is 0 Å². The Hall–Kier alpha value is -0.640. The van der Waals surface area contributed by atoms with Gasteiger partial charge in [0, 0.05) is 17.5 Å². The van der Waals surface area contributed by atoms with Crippen LogP contribution in [-0.4, -0.2) is 37.4 Å². The molecule has 3 heteroatoms. The maximum absolute atomic E-state index is 10.1. The van der Waals surface area contributed by atoms with E-state index in [4.69, 9.17) is 0 Å². The van der Waals surface area contributed by atoms with Crippen molar-refractivity contribution in [1.29, 1.82) is 0 Å². The lowest BCUT2D eigenvalue weighted by molar-refractivity contribution is 0.0328. The van der Waals surface area contributed by atoms with Gasteiger partial charge in [-0.05, 0) is 69.4 Å². The maximum Gasteiger partial charge on any atom is 0.0724 e. The fourth-order valence-electron chi connectivity index (χ4n) is 6.87. The van der Waals surface area contributed by atoms with E-state index in [0.29, 0.717) is 29.3 Å². The summed E-state index contributed by atoms with van der Waals surface area (Å²) in [4.78, 5) is 0. The van der Waals surface area contributed by atoms with Crippen LogP contribution in [0, 0.1) is 28.6 Å². The highest BCUT2D eigenvalue weighted by atomic mass is 16.3. The summed E-state index contributed by atoms with van der Waals surface area (Å²) in [7, 11) is 4.27. The molecule has 134 valence electrons. The van der Waals surface area contributed by atoms with Crippen LogP contribution in [0.1, 0.15) is 46.0 Å². The molecule has 0 radical (unpaired) electrons. The van der Waals surface area contributed by atoms with Crippen molar-refractivity contribution in [3.05, 3.63) is 23.8 Å². The smallest absolute Gasteiger partial charge is 0.0724 e. The Labute approximate surface area is 147 Å². The van der Waals surface area contributed by atoms with Gasteiger partial charge in [-0.1, -0.05) is 37.6 Å². The summed E-state index contributed by atoms with van der Waals surface area (Å²) in [6.45, 7) is 4.94. The Balaban J connectivity index is 1.78. The fourth-order valence-corrected chi connectivity index (χ4v) is 6.87. The molecule has 3 N–H and O–H groups in total. The average molecular weight is 331 g/mol. The molecular formula is C21H34N2O. The van der Waals surface area contributed by atoms with E-state index in [1.165, 1.54) is 25.7 Å². The van der Waals surface area contributed by atoms with E-state index in [2.05, 4.69) is 50.7 Å². The van der Waals surface area contributed by atoms with Crippen molar-refractivity contribution in [2.24, 2.45) is 28.6 Å². The first-order valence-electron chi connectivity index (χ1n) is 9.86. The molecule has 2 fully saturated rings. The van der Waals surface area contributed by atoms with Gasteiger partial charge in [0.15, 0.2) is 0 Å². The standard InChI is InChI=1S/C21H34N2O/c1-20-9-7-14(24)11-13(20)12-17(22-3)19-15-5-6-18(23-4)21(15,2)10-8-16(19)20/h7-9,13-15,17-19,22-24H,5-6,10-12H2,1-4H3/t13?,14?,15-,17?,18?,19-,20-,21-/m0/s1. The van der Waals surface area contributed by atoms with Crippen molar-refractivity contribution >= 4 is 0 Å². The molecule has 3 nitrogen and oxygen atoms in total. The number of aliphatic hydroxyl groups excluding tert-OH is 1. The normalized spacial score (nSPS) is 53.1. The minimum atomic E-state index is -0.258. The van der Waals surface area contributed by atoms with Crippen LogP contribution in [0.3, 0.4) is 0 Å². The first kappa shape index (κ1) is 16.8. The van der Waals surface area contributed by atoms with E-state index < -0.39 is 0 Å². The van der Waals surface area contributed by atoms with Crippen molar-refractivity contribution in [2.75, 3.05) is 14.1 Å². The van der Waals surface area contributed by atoms with Gasteiger partial charge in [0.05, 0.1) is 6.10 Å². The third-order valence-electron chi connectivity index (χ3n) is 8.32. The molecule has 24 heavy (non-hydrogen) atoms. The van der Waals surface area contributed by atoms with Gasteiger partial charge < -0.3 is 15.7 Å². The third-order valence-corrected chi connectivity index (χ3v) is 8.32. The number of aliphatic hydroxyl groups is 1.